The van der Waals surface area contributed by atoms with E-state index in [-0.39, 0.29) is 40.8 Å². The van der Waals surface area contributed by atoms with Crippen molar-refractivity contribution in [1.82, 2.24) is 5.32 Å². The fourth-order valence-corrected chi connectivity index (χ4v) is 4.99. The van der Waals surface area contributed by atoms with Crippen LogP contribution in [0.25, 0.3) is 0 Å². The molecule has 5 nitrogen and oxygen atoms in total. The second kappa shape index (κ2) is 12.5. The van der Waals surface area contributed by atoms with Crippen LogP contribution < -0.4 is 10.1 Å². The normalized spacial score (nSPS) is 15.4. The Labute approximate surface area is 218 Å². The Morgan fingerprint density at radius 2 is 1.76 bits per heavy atom. The van der Waals surface area contributed by atoms with E-state index in [1.165, 1.54) is 11.1 Å². The molecule has 0 aliphatic heterocycles. The van der Waals surface area contributed by atoms with Crippen LogP contribution in [0, 0.1) is 5.92 Å². The molecular weight excluding hydrogens is 497 g/mol. The molecule has 1 aliphatic rings. The van der Waals surface area contributed by atoms with Gasteiger partial charge in [-0.25, -0.2) is 0 Å². The van der Waals surface area contributed by atoms with Crippen LogP contribution in [0.15, 0.2) is 36.4 Å². The van der Waals surface area contributed by atoms with Gasteiger partial charge in [-0.05, 0) is 75.1 Å². The molecule has 34 heavy (non-hydrogen) atoms. The highest BCUT2D eigenvalue weighted by Gasteiger charge is 2.29. The smallest absolute Gasteiger partial charge is 0.303 e. The number of fused-ring (bicyclic) bond motifs is 1. The van der Waals surface area contributed by atoms with Gasteiger partial charge in [-0.3, -0.25) is 4.79 Å². The van der Waals surface area contributed by atoms with Crippen molar-refractivity contribution in [2.24, 2.45) is 5.92 Å². The summed E-state index contributed by atoms with van der Waals surface area (Å²) >= 11 is 12.6. The van der Waals surface area contributed by atoms with Crippen LogP contribution in [-0.4, -0.2) is 40.5 Å². The molecule has 0 bridgehead atoms. The summed E-state index contributed by atoms with van der Waals surface area (Å²) in [5.74, 6) is 0.0683. The summed E-state index contributed by atoms with van der Waals surface area (Å²) in [4.78, 5) is 10.8. The highest BCUT2D eigenvalue weighted by molar-refractivity contribution is 6.43. The van der Waals surface area contributed by atoms with Gasteiger partial charge in [-0.2, -0.15) is 0 Å². The summed E-state index contributed by atoms with van der Waals surface area (Å²) < 4.78 is 5.89. The summed E-state index contributed by atoms with van der Waals surface area (Å²) in [6.07, 6.45) is 2.23. The number of rotatable bonds is 11. The number of hydrogen-bond acceptors (Lipinski definition) is 4. The second-order valence-electron chi connectivity index (χ2n) is 9.65. The van der Waals surface area contributed by atoms with Crippen LogP contribution in [0.1, 0.15) is 50.3 Å². The molecule has 3 N–H and O–H groups in total. The Bertz CT molecular complexity index is 958. The van der Waals surface area contributed by atoms with E-state index in [4.69, 9.17) is 33.0 Å². The first-order chi connectivity index (χ1) is 15.6. The number of carboxylic acid groups (broad SMARTS) is 1. The maximum absolute atomic E-state index is 10.8. The first kappa shape index (κ1) is 28.7. The van der Waals surface area contributed by atoms with Gasteiger partial charge in [0.2, 0.25) is 0 Å². The summed E-state index contributed by atoms with van der Waals surface area (Å²) in [5.41, 5.74) is 3.43. The van der Waals surface area contributed by atoms with Crippen LogP contribution in [0.4, 0.5) is 0 Å². The van der Waals surface area contributed by atoms with Crippen LogP contribution in [-0.2, 0) is 24.1 Å². The molecule has 0 amide bonds. The molecule has 0 saturated heterocycles. The van der Waals surface area contributed by atoms with Gasteiger partial charge in [0.15, 0.2) is 0 Å². The summed E-state index contributed by atoms with van der Waals surface area (Å²) in [6.45, 7) is 6.51. The number of aliphatic hydroxyl groups excluding tert-OH is 1. The average Bonchev–Trinajstić information content (AvgIpc) is 3.16. The molecule has 0 aromatic heterocycles. The first-order valence-electron chi connectivity index (χ1n) is 11.4. The Balaban J connectivity index is 0.00000408. The molecule has 1 aliphatic carbocycles. The third-order valence-electron chi connectivity index (χ3n) is 6.31. The largest absolute Gasteiger partial charge is 0.486 e. The van der Waals surface area contributed by atoms with Gasteiger partial charge in [0.25, 0.3) is 0 Å². The fourth-order valence-electron chi connectivity index (χ4n) is 4.51. The van der Waals surface area contributed by atoms with E-state index in [0.717, 1.165) is 19.3 Å². The van der Waals surface area contributed by atoms with E-state index in [2.05, 4.69) is 43.4 Å². The van der Waals surface area contributed by atoms with E-state index in [0.29, 0.717) is 23.8 Å². The molecule has 0 fully saturated rings. The zero-order chi connectivity index (χ0) is 24.2. The molecule has 2 aromatic carbocycles. The molecule has 188 valence electrons. The third kappa shape index (κ3) is 7.76. The van der Waals surface area contributed by atoms with Gasteiger partial charge < -0.3 is 20.3 Å². The van der Waals surface area contributed by atoms with Crippen molar-refractivity contribution < 1.29 is 19.7 Å². The lowest BCUT2D eigenvalue weighted by Crippen LogP contribution is -2.48. The molecule has 3 rings (SSSR count). The Morgan fingerprint density at radius 1 is 1.15 bits per heavy atom. The third-order valence-corrected chi connectivity index (χ3v) is 7.22. The predicted octanol–water partition coefficient (Wildman–Crippen LogP) is 5.73. The summed E-state index contributed by atoms with van der Waals surface area (Å²) in [7, 11) is 0. The average molecular weight is 531 g/mol. The number of carboxylic acids is 1. The number of β-amino-alcohol motifs (C(OH)–C–C–N with tert-alkyl or cyclic N) is 1. The van der Waals surface area contributed by atoms with Crippen molar-refractivity contribution in [2.45, 2.75) is 70.6 Å². The minimum atomic E-state index is -0.896. The van der Waals surface area contributed by atoms with E-state index < -0.39 is 18.2 Å². The lowest BCUT2D eigenvalue weighted by Gasteiger charge is -2.32. The van der Waals surface area contributed by atoms with Crippen molar-refractivity contribution >= 4 is 41.6 Å². The molecule has 0 spiro atoms. The zero-order valence-corrected chi connectivity index (χ0v) is 22.1. The lowest BCUT2D eigenvalue weighted by molar-refractivity contribution is -0.136. The van der Waals surface area contributed by atoms with Gasteiger partial charge in [0.05, 0.1) is 5.02 Å². The molecule has 2 atom stereocenters. The van der Waals surface area contributed by atoms with Gasteiger partial charge >= 0.3 is 5.97 Å². The second-order valence-corrected chi connectivity index (χ2v) is 10.4. The first-order valence-corrected chi connectivity index (χ1v) is 12.2. The van der Waals surface area contributed by atoms with E-state index in [1.807, 2.05) is 0 Å². The Morgan fingerprint density at radius 3 is 2.35 bits per heavy atom. The molecule has 8 heteroatoms. The standard InChI is InChI=1S/C26H33Cl2NO4.ClH/c1-16(33-22-10-8-18(9-11-23(31)32)24(27)25(22)28)21(30)15-29-26(2,3)14-17-12-19-6-4-5-7-20(19)13-17;/h4-8,10,16-17,21,29-30H,9,11-15H2,1-3H3,(H,31,32);1H/t16-,21-;/m1./s1. The lowest BCUT2D eigenvalue weighted by atomic mass is 9.88. The van der Waals surface area contributed by atoms with E-state index in [9.17, 15) is 9.90 Å². The number of carbonyl (C=O) groups is 1. The highest BCUT2D eigenvalue weighted by Crippen LogP contribution is 2.36. The number of aryl methyl sites for hydroxylation is 1. The monoisotopic (exact) mass is 529 g/mol. The van der Waals surface area contributed by atoms with E-state index >= 15 is 0 Å². The number of hydrogen-bond donors (Lipinski definition) is 3. The van der Waals surface area contributed by atoms with Crippen molar-refractivity contribution in [2.75, 3.05) is 6.54 Å². The molecule has 0 unspecified atom stereocenters. The van der Waals surface area contributed by atoms with Gasteiger partial charge in [0.1, 0.15) is 23.0 Å². The minimum absolute atomic E-state index is 0. The number of nitrogens with one attached hydrogen (secondary N) is 1. The van der Waals surface area contributed by atoms with Crippen molar-refractivity contribution in [3.8, 4) is 5.75 Å². The SMILES string of the molecule is C[C@@H](Oc1ccc(CCC(=O)O)c(Cl)c1Cl)[C@H](O)CNC(C)(C)CC1Cc2ccccc2C1.Cl. The molecule has 2 aromatic rings. The number of aliphatic hydroxyl groups is 1. The van der Waals surface area contributed by atoms with Crippen LogP contribution in [0.2, 0.25) is 10.0 Å². The quantitative estimate of drug-likeness (QED) is 0.346. The summed E-state index contributed by atoms with van der Waals surface area (Å²) in [6, 6.07) is 12.0. The topological polar surface area (TPSA) is 78.8 Å². The maximum atomic E-state index is 10.8. The fraction of sp³-hybridized carbons (Fsp3) is 0.500. The van der Waals surface area contributed by atoms with Crippen LogP contribution in [0.5, 0.6) is 5.75 Å². The van der Waals surface area contributed by atoms with Crippen molar-refractivity contribution in [3.05, 3.63) is 63.1 Å². The molecular formula is C26H34Cl3NO4. The molecule has 0 radical (unpaired) electrons. The van der Waals surface area contributed by atoms with Crippen molar-refractivity contribution in [3.63, 3.8) is 0 Å². The Kier molecular flexibility index (Phi) is 10.5. The van der Waals surface area contributed by atoms with Crippen LogP contribution >= 0.6 is 35.6 Å². The number of benzene rings is 2. The highest BCUT2D eigenvalue weighted by atomic mass is 35.5. The van der Waals surface area contributed by atoms with Crippen LogP contribution in [0.3, 0.4) is 0 Å². The molecule has 0 heterocycles. The Hall–Kier alpha value is -1.50. The molecule has 0 saturated carbocycles. The van der Waals surface area contributed by atoms with Gasteiger partial charge in [-0.1, -0.05) is 53.5 Å². The minimum Gasteiger partial charge on any atom is -0.486 e. The maximum Gasteiger partial charge on any atom is 0.303 e. The zero-order valence-electron chi connectivity index (χ0n) is 19.8. The predicted molar refractivity (Wildman–Crippen MR) is 140 cm³/mol. The van der Waals surface area contributed by atoms with Crippen molar-refractivity contribution in [1.29, 1.82) is 0 Å². The number of ether oxygens (including phenoxy) is 1. The van der Waals surface area contributed by atoms with Gasteiger partial charge in [-0.15, -0.1) is 12.4 Å². The number of halogens is 3. The summed E-state index contributed by atoms with van der Waals surface area (Å²) in [5, 5.41) is 23.6. The van der Waals surface area contributed by atoms with E-state index in [1.54, 1.807) is 19.1 Å². The van der Waals surface area contributed by atoms with Gasteiger partial charge in [0, 0.05) is 18.5 Å². The number of aliphatic carboxylic acids is 1.